The van der Waals surface area contributed by atoms with Gasteiger partial charge in [-0.1, -0.05) is 23.8 Å². The van der Waals surface area contributed by atoms with E-state index in [1.807, 2.05) is 38.4 Å². The first-order valence-electron chi connectivity index (χ1n) is 8.69. The highest BCUT2D eigenvalue weighted by molar-refractivity contribution is 5.66. The molecular weight excluding hydrogens is 322 g/mol. The van der Waals surface area contributed by atoms with E-state index in [1.165, 1.54) is 5.56 Å². The van der Waals surface area contributed by atoms with Crippen LogP contribution in [0.25, 0.3) is 22.6 Å². The smallest absolute Gasteiger partial charge is 0.298 e. The van der Waals surface area contributed by atoms with Gasteiger partial charge in [0.15, 0.2) is 0 Å². The lowest BCUT2D eigenvalue weighted by Gasteiger charge is -2.08. The van der Waals surface area contributed by atoms with E-state index >= 15 is 0 Å². The molecule has 0 saturated carbocycles. The summed E-state index contributed by atoms with van der Waals surface area (Å²) in [5.41, 5.74) is 7.65. The summed E-state index contributed by atoms with van der Waals surface area (Å²) < 4.78 is 3.47. The largest absolute Gasteiger partial charge is 0.300 e. The number of hydrogen-bond acceptors (Lipinski definition) is 2. The van der Waals surface area contributed by atoms with E-state index in [-0.39, 0.29) is 5.56 Å². The Morgan fingerprint density at radius 1 is 0.846 bits per heavy atom. The maximum Gasteiger partial charge on any atom is 0.298 e. The molecule has 4 rings (SSSR count). The molecule has 0 amide bonds. The van der Waals surface area contributed by atoms with E-state index in [0.717, 1.165) is 33.6 Å². The molecule has 26 heavy (non-hydrogen) atoms. The van der Waals surface area contributed by atoms with Crippen molar-refractivity contribution in [3.8, 4) is 16.9 Å². The number of rotatable bonds is 2. The zero-order valence-corrected chi connectivity index (χ0v) is 15.4. The molecule has 0 aliphatic rings. The third-order valence-corrected chi connectivity index (χ3v) is 4.67. The van der Waals surface area contributed by atoms with E-state index < -0.39 is 0 Å². The molecule has 0 atom stereocenters. The fourth-order valence-electron chi connectivity index (χ4n) is 3.41. The van der Waals surface area contributed by atoms with Gasteiger partial charge in [0, 0.05) is 29.8 Å². The van der Waals surface area contributed by atoms with Gasteiger partial charge < -0.3 is 4.40 Å². The van der Waals surface area contributed by atoms with Gasteiger partial charge in [0.05, 0.1) is 5.69 Å². The number of hydrogen-bond donors (Lipinski definition) is 0. The van der Waals surface area contributed by atoms with Gasteiger partial charge in [0.2, 0.25) is 5.65 Å². The van der Waals surface area contributed by atoms with Gasteiger partial charge in [-0.2, -0.15) is 0 Å². The van der Waals surface area contributed by atoms with E-state index in [1.54, 1.807) is 15.2 Å². The Bertz CT molecular complexity index is 1180. The van der Waals surface area contributed by atoms with E-state index in [2.05, 4.69) is 43.1 Å². The minimum Gasteiger partial charge on any atom is -0.300 e. The summed E-state index contributed by atoms with van der Waals surface area (Å²) in [5.74, 6) is 0. The summed E-state index contributed by atoms with van der Waals surface area (Å²) in [7, 11) is 0. The normalized spacial score (nSPS) is 11.2. The van der Waals surface area contributed by atoms with Crippen LogP contribution in [0.1, 0.15) is 22.3 Å². The molecule has 0 spiro atoms. The van der Waals surface area contributed by atoms with Crippen molar-refractivity contribution in [3.05, 3.63) is 87.6 Å². The van der Waals surface area contributed by atoms with Crippen LogP contribution in [0.4, 0.5) is 0 Å². The molecule has 0 saturated heterocycles. The predicted molar refractivity (Wildman–Crippen MR) is 105 cm³/mol. The Labute approximate surface area is 152 Å². The summed E-state index contributed by atoms with van der Waals surface area (Å²) in [6, 6.07) is 12.4. The van der Waals surface area contributed by atoms with Crippen molar-refractivity contribution in [2.45, 2.75) is 27.7 Å². The number of fused-ring (bicyclic) bond motifs is 1. The van der Waals surface area contributed by atoms with Gasteiger partial charge in [0.25, 0.3) is 5.56 Å². The molecule has 0 N–H and O–H groups in total. The Kier molecular flexibility index (Phi) is 3.76. The molecule has 0 bridgehead atoms. The fourth-order valence-corrected chi connectivity index (χ4v) is 3.41. The van der Waals surface area contributed by atoms with Crippen LogP contribution in [0.3, 0.4) is 0 Å². The molecule has 130 valence electrons. The first-order chi connectivity index (χ1) is 12.4. The third-order valence-electron chi connectivity index (χ3n) is 4.67. The van der Waals surface area contributed by atoms with Crippen molar-refractivity contribution in [2.24, 2.45) is 0 Å². The second kappa shape index (κ2) is 5.99. The highest BCUT2D eigenvalue weighted by Gasteiger charge is 2.12. The molecule has 0 aliphatic heterocycles. The van der Waals surface area contributed by atoms with Crippen LogP contribution in [0.5, 0.6) is 0 Å². The van der Waals surface area contributed by atoms with Crippen LogP contribution in [-0.2, 0) is 0 Å². The van der Waals surface area contributed by atoms with Gasteiger partial charge in [-0.25, -0.2) is 4.98 Å². The van der Waals surface area contributed by atoms with Crippen molar-refractivity contribution in [1.29, 1.82) is 0 Å². The molecule has 2 aromatic heterocycles. The standard InChI is InChI=1S/C22H21N3O/c1-14-5-6-17(4)19(12-14)20-13-24-7-8-25(22(26)21(24)23-20)18-10-15(2)9-16(3)11-18/h5-13H,1-4H3. The summed E-state index contributed by atoms with van der Waals surface area (Å²) in [6.45, 7) is 8.20. The average molecular weight is 343 g/mol. The Hall–Kier alpha value is -3.14. The second-order valence-corrected chi connectivity index (χ2v) is 6.99. The van der Waals surface area contributed by atoms with Crippen molar-refractivity contribution < 1.29 is 0 Å². The van der Waals surface area contributed by atoms with Crippen LogP contribution < -0.4 is 5.56 Å². The van der Waals surface area contributed by atoms with E-state index in [4.69, 9.17) is 0 Å². The monoisotopic (exact) mass is 343 g/mol. The molecule has 4 aromatic rings. The second-order valence-electron chi connectivity index (χ2n) is 6.99. The van der Waals surface area contributed by atoms with Crippen LogP contribution in [0.15, 0.2) is 59.8 Å². The van der Waals surface area contributed by atoms with Gasteiger partial charge in [0.1, 0.15) is 0 Å². The van der Waals surface area contributed by atoms with Crippen molar-refractivity contribution in [3.63, 3.8) is 0 Å². The fraction of sp³-hybridized carbons (Fsp3) is 0.182. The number of nitrogens with zero attached hydrogens (tertiary/aromatic N) is 3. The third kappa shape index (κ3) is 2.73. The molecular formula is C22H21N3O. The van der Waals surface area contributed by atoms with Crippen molar-refractivity contribution in [2.75, 3.05) is 0 Å². The maximum atomic E-state index is 13.0. The van der Waals surface area contributed by atoms with Gasteiger partial charge in [-0.15, -0.1) is 0 Å². The maximum absolute atomic E-state index is 13.0. The SMILES string of the molecule is Cc1cc(C)cc(-n2ccn3cc(-c4cc(C)ccc4C)nc3c2=O)c1. The summed E-state index contributed by atoms with van der Waals surface area (Å²) in [4.78, 5) is 17.7. The average Bonchev–Trinajstić information content (AvgIpc) is 3.01. The van der Waals surface area contributed by atoms with Gasteiger partial charge in [-0.3, -0.25) is 9.36 Å². The zero-order chi connectivity index (χ0) is 18.4. The summed E-state index contributed by atoms with van der Waals surface area (Å²) in [6.07, 6.45) is 5.61. The molecule has 2 heterocycles. The first-order valence-corrected chi connectivity index (χ1v) is 8.69. The lowest BCUT2D eigenvalue weighted by molar-refractivity contribution is 0.946. The molecule has 4 nitrogen and oxygen atoms in total. The molecule has 2 aromatic carbocycles. The highest BCUT2D eigenvalue weighted by atomic mass is 16.1. The highest BCUT2D eigenvalue weighted by Crippen LogP contribution is 2.23. The van der Waals surface area contributed by atoms with E-state index in [9.17, 15) is 4.79 Å². The van der Waals surface area contributed by atoms with Gasteiger partial charge in [-0.05, 0) is 62.6 Å². The minimum absolute atomic E-state index is 0.117. The van der Waals surface area contributed by atoms with E-state index in [0.29, 0.717) is 5.65 Å². The molecule has 0 unspecified atom stereocenters. The molecule has 4 heteroatoms. The van der Waals surface area contributed by atoms with Crippen LogP contribution in [0, 0.1) is 27.7 Å². The van der Waals surface area contributed by atoms with Crippen molar-refractivity contribution >= 4 is 5.65 Å². The molecule has 0 fully saturated rings. The molecule has 0 aliphatic carbocycles. The molecule has 0 radical (unpaired) electrons. The minimum atomic E-state index is -0.117. The quantitative estimate of drug-likeness (QED) is 0.542. The lowest BCUT2D eigenvalue weighted by Crippen LogP contribution is -2.20. The summed E-state index contributed by atoms with van der Waals surface area (Å²) >= 11 is 0. The lowest BCUT2D eigenvalue weighted by atomic mass is 10.0. The Morgan fingerprint density at radius 2 is 1.58 bits per heavy atom. The number of benzene rings is 2. The Morgan fingerprint density at radius 3 is 2.31 bits per heavy atom. The topological polar surface area (TPSA) is 39.3 Å². The van der Waals surface area contributed by atoms with Crippen LogP contribution in [0.2, 0.25) is 0 Å². The zero-order valence-electron chi connectivity index (χ0n) is 15.4. The number of aryl methyl sites for hydroxylation is 4. The van der Waals surface area contributed by atoms with Crippen molar-refractivity contribution in [1.82, 2.24) is 14.0 Å². The van der Waals surface area contributed by atoms with Crippen LogP contribution >= 0.6 is 0 Å². The van der Waals surface area contributed by atoms with Gasteiger partial charge >= 0.3 is 0 Å². The summed E-state index contributed by atoms with van der Waals surface area (Å²) in [5, 5.41) is 0. The Balaban J connectivity index is 1.92. The predicted octanol–water partition coefficient (Wildman–Crippen LogP) is 4.39. The van der Waals surface area contributed by atoms with Crippen LogP contribution in [-0.4, -0.2) is 14.0 Å². The first kappa shape index (κ1) is 16.3. The number of imidazole rings is 1. The number of aromatic nitrogens is 3.